The first kappa shape index (κ1) is 39.4. The molecule has 250 valence electrons. The van der Waals surface area contributed by atoms with Gasteiger partial charge in [0.05, 0.1) is 22.8 Å². The van der Waals surface area contributed by atoms with Crippen LogP contribution in [0.4, 0.5) is 0 Å². The molecule has 3 amide bonds. The van der Waals surface area contributed by atoms with Crippen molar-refractivity contribution < 1.29 is 32.6 Å². The summed E-state index contributed by atoms with van der Waals surface area (Å²) in [4.78, 5) is 38.9. The standard InChI is InChI=1S/C26H42N4O4.C7H8O3S/c1-17(2)15-22(21(25(32)29-34)14-10-13-20-11-8-7-9-12-20)24(31)28-30(16-18(3)4)26(33)23(27)19(5)6;1-6-2-4-7(5-3-6)11(8,9)10/h7-13,17-19,21-23,34H,14-16,27H2,1-6H3,(H,28,31)(H,29,32);2-5H,1H3,(H,8,9,10)/t21-,22+,23+;/m0./s1. The summed E-state index contributed by atoms with van der Waals surface area (Å²) in [7, 11) is -4.02. The number of nitrogens with two attached hydrogens (primary N) is 1. The number of hydrogen-bond acceptors (Lipinski definition) is 7. The molecule has 0 aliphatic rings. The Morgan fingerprint density at radius 3 is 1.93 bits per heavy atom. The van der Waals surface area contributed by atoms with Crippen molar-refractivity contribution in [2.75, 3.05) is 6.54 Å². The lowest BCUT2D eigenvalue weighted by molar-refractivity contribution is -0.148. The fourth-order valence-corrected chi connectivity index (χ4v) is 4.84. The van der Waals surface area contributed by atoms with Gasteiger partial charge in [0, 0.05) is 6.54 Å². The number of hydroxylamine groups is 1. The zero-order chi connectivity index (χ0) is 34.3. The number of carbonyl (C=O) groups is 3. The van der Waals surface area contributed by atoms with E-state index in [2.05, 4.69) is 5.43 Å². The van der Waals surface area contributed by atoms with Crippen LogP contribution in [0.1, 0.15) is 65.5 Å². The molecule has 0 aliphatic carbocycles. The number of nitrogens with zero attached hydrogens (tertiary/aromatic N) is 1. The van der Waals surface area contributed by atoms with Crippen LogP contribution in [0.3, 0.4) is 0 Å². The molecule has 0 saturated carbocycles. The molecule has 0 aromatic heterocycles. The molecule has 2 rings (SSSR count). The highest BCUT2D eigenvalue weighted by Crippen LogP contribution is 2.26. The number of benzene rings is 2. The third-order valence-electron chi connectivity index (χ3n) is 6.88. The lowest BCUT2D eigenvalue weighted by atomic mass is 9.82. The Morgan fingerprint density at radius 1 is 0.889 bits per heavy atom. The van der Waals surface area contributed by atoms with Gasteiger partial charge in [-0.1, -0.05) is 102 Å². The van der Waals surface area contributed by atoms with E-state index in [1.54, 1.807) is 17.6 Å². The number of hydrogen-bond donors (Lipinski definition) is 5. The second kappa shape index (κ2) is 19.1. The van der Waals surface area contributed by atoms with Gasteiger partial charge in [-0.3, -0.25) is 34.6 Å². The van der Waals surface area contributed by atoms with E-state index < -0.39 is 39.8 Å². The smallest absolute Gasteiger partial charge is 0.294 e. The highest BCUT2D eigenvalue weighted by molar-refractivity contribution is 7.85. The van der Waals surface area contributed by atoms with Gasteiger partial charge in [0.1, 0.15) is 0 Å². The number of carbonyl (C=O) groups excluding carboxylic acids is 3. The number of nitrogens with one attached hydrogen (secondary N) is 2. The Morgan fingerprint density at radius 2 is 1.47 bits per heavy atom. The summed E-state index contributed by atoms with van der Waals surface area (Å²) in [5.74, 6) is -2.92. The first-order valence-electron chi connectivity index (χ1n) is 15.0. The predicted molar refractivity (Wildman–Crippen MR) is 175 cm³/mol. The van der Waals surface area contributed by atoms with Crippen LogP contribution in [0.15, 0.2) is 65.6 Å². The lowest BCUT2D eigenvalue weighted by Gasteiger charge is -2.32. The van der Waals surface area contributed by atoms with Gasteiger partial charge in [-0.05, 0) is 55.2 Å². The van der Waals surface area contributed by atoms with Crippen molar-refractivity contribution in [3.63, 3.8) is 0 Å². The van der Waals surface area contributed by atoms with Gasteiger partial charge in [-0.2, -0.15) is 8.42 Å². The molecule has 12 heteroatoms. The van der Waals surface area contributed by atoms with Crippen molar-refractivity contribution in [2.24, 2.45) is 35.3 Å². The molecule has 0 spiro atoms. The number of amides is 3. The Labute approximate surface area is 267 Å². The SMILES string of the molecule is CC(C)C[C@@H](C(=O)NN(CC(C)C)C(=O)[C@H](N)C(C)C)[C@H](CC=Cc1ccccc1)C(=O)NO.Cc1ccc(S(=O)(=O)O)cc1. The fraction of sp³-hybridized carbons (Fsp3) is 0.485. The summed E-state index contributed by atoms with van der Waals surface area (Å²) in [6.07, 6.45) is 4.35. The lowest BCUT2D eigenvalue weighted by Crippen LogP contribution is -2.57. The summed E-state index contributed by atoms with van der Waals surface area (Å²) in [5.41, 5.74) is 12.4. The Kier molecular flexibility index (Phi) is 16.7. The second-order valence-electron chi connectivity index (χ2n) is 12.2. The van der Waals surface area contributed by atoms with Crippen LogP contribution in [0.5, 0.6) is 0 Å². The van der Waals surface area contributed by atoms with E-state index in [4.69, 9.17) is 10.3 Å². The van der Waals surface area contributed by atoms with Crippen molar-refractivity contribution in [3.8, 4) is 0 Å². The minimum absolute atomic E-state index is 0.0666. The van der Waals surface area contributed by atoms with Gasteiger partial charge >= 0.3 is 0 Å². The van der Waals surface area contributed by atoms with E-state index in [1.807, 2.05) is 91.0 Å². The molecular weight excluding hydrogens is 596 g/mol. The van der Waals surface area contributed by atoms with Crippen molar-refractivity contribution in [2.45, 2.75) is 72.2 Å². The van der Waals surface area contributed by atoms with E-state index in [9.17, 15) is 28.0 Å². The van der Waals surface area contributed by atoms with Crippen molar-refractivity contribution in [3.05, 3.63) is 71.8 Å². The van der Waals surface area contributed by atoms with Crippen LogP contribution in [-0.4, -0.2) is 53.5 Å². The van der Waals surface area contributed by atoms with Crippen molar-refractivity contribution in [1.29, 1.82) is 0 Å². The van der Waals surface area contributed by atoms with Crippen LogP contribution >= 0.6 is 0 Å². The number of aryl methyl sites for hydroxylation is 1. The minimum atomic E-state index is -4.02. The third kappa shape index (κ3) is 14.4. The van der Waals surface area contributed by atoms with Crippen LogP contribution in [0.2, 0.25) is 0 Å². The van der Waals surface area contributed by atoms with E-state index in [0.29, 0.717) is 13.0 Å². The highest BCUT2D eigenvalue weighted by Gasteiger charge is 2.35. The first-order chi connectivity index (χ1) is 21.0. The zero-order valence-corrected chi connectivity index (χ0v) is 28.1. The van der Waals surface area contributed by atoms with Crippen molar-refractivity contribution in [1.82, 2.24) is 15.9 Å². The molecule has 0 saturated heterocycles. The number of allylic oxidation sites excluding steroid dienone is 1. The average Bonchev–Trinajstić information content (AvgIpc) is 2.97. The van der Waals surface area contributed by atoms with Crippen LogP contribution in [0, 0.1) is 36.5 Å². The largest absolute Gasteiger partial charge is 0.320 e. The highest BCUT2D eigenvalue weighted by atomic mass is 32.2. The molecule has 0 radical (unpaired) electrons. The van der Waals surface area contributed by atoms with Crippen LogP contribution < -0.4 is 16.6 Å². The molecule has 0 unspecified atom stereocenters. The van der Waals surface area contributed by atoms with Crippen LogP contribution in [0.25, 0.3) is 6.08 Å². The number of hydrazine groups is 1. The summed E-state index contributed by atoms with van der Waals surface area (Å²) < 4.78 is 29.6. The predicted octanol–water partition coefficient (Wildman–Crippen LogP) is 4.61. The van der Waals surface area contributed by atoms with Gasteiger partial charge in [-0.15, -0.1) is 0 Å². The Hall–Kier alpha value is -3.58. The Bertz CT molecular complexity index is 1340. The topological polar surface area (TPSA) is 179 Å². The summed E-state index contributed by atoms with van der Waals surface area (Å²) in [5, 5.41) is 10.6. The van der Waals surface area contributed by atoms with Gasteiger partial charge in [0.25, 0.3) is 16.0 Å². The molecule has 0 bridgehead atoms. The Balaban J connectivity index is 0.000000768. The molecule has 45 heavy (non-hydrogen) atoms. The summed E-state index contributed by atoms with van der Waals surface area (Å²) in [6, 6.07) is 14.8. The van der Waals surface area contributed by atoms with E-state index in [1.165, 1.54) is 17.1 Å². The summed E-state index contributed by atoms with van der Waals surface area (Å²) in [6.45, 7) is 13.6. The summed E-state index contributed by atoms with van der Waals surface area (Å²) >= 11 is 0. The third-order valence-corrected chi connectivity index (χ3v) is 7.74. The molecule has 6 N–H and O–H groups in total. The van der Waals surface area contributed by atoms with E-state index in [-0.39, 0.29) is 35.0 Å². The maximum Gasteiger partial charge on any atom is 0.294 e. The fourth-order valence-electron chi connectivity index (χ4n) is 4.36. The maximum absolute atomic E-state index is 13.4. The molecule has 3 atom stereocenters. The van der Waals surface area contributed by atoms with E-state index >= 15 is 0 Å². The average molecular weight is 647 g/mol. The molecule has 2 aromatic rings. The van der Waals surface area contributed by atoms with Crippen molar-refractivity contribution >= 4 is 33.9 Å². The monoisotopic (exact) mass is 646 g/mol. The molecule has 0 fully saturated rings. The molecule has 0 heterocycles. The minimum Gasteiger partial charge on any atom is -0.320 e. The van der Waals surface area contributed by atoms with Gasteiger partial charge in [-0.25, -0.2) is 5.48 Å². The molecule has 11 nitrogen and oxygen atoms in total. The van der Waals surface area contributed by atoms with Gasteiger partial charge in [0.15, 0.2) is 0 Å². The maximum atomic E-state index is 13.4. The normalized spacial score (nSPS) is 13.6. The zero-order valence-electron chi connectivity index (χ0n) is 27.3. The van der Waals surface area contributed by atoms with Crippen LogP contribution in [-0.2, 0) is 24.5 Å². The van der Waals surface area contributed by atoms with E-state index in [0.717, 1.165) is 11.1 Å². The van der Waals surface area contributed by atoms with Gasteiger partial charge in [0.2, 0.25) is 11.8 Å². The van der Waals surface area contributed by atoms with Gasteiger partial charge < -0.3 is 5.73 Å². The molecule has 2 aromatic carbocycles. The first-order valence-corrected chi connectivity index (χ1v) is 16.5. The quantitative estimate of drug-likeness (QED) is 0.119. The second-order valence-corrected chi connectivity index (χ2v) is 13.7. The molecular formula is C33H50N4O7S. The molecule has 0 aliphatic heterocycles. The number of rotatable bonds is 13.